The van der Waals surface area contributed by atoms with Crippen LogP contribution >= 0.6 is 11.3 Å². The van der Waals surface area contributed by atoms with Gasteiger partial charge in [-0.2, -0.15) is 0 Å². The van der Waals surface area contributed by atoms with E-state index in [0.29, 0.717) is 12.0 Å². The molecule has 0 radical (unpaired) electrons. The molecule has 2 aliphatic rings. The fourth-order valence-corrected chi connectivity index (χ4v) is 4.44. The van der Waals surface area contributed by atoms with Crippen LogP contribution in [0.25, 0.3) is 10.2 Å². The number of para-hydroxylation sites is 1. The Morgan fingerprint density at radius 1 is 1.20 bits per heavy atom. The van der Waals surface area contributed by atoms with Gasteiger partial charge in [-0.1, -0.05) is 25.0 Å². The van der Waals surface area contributed by atoms with E-state index in [-0.39, 0.29) is 6.10 Å². The van der Waals surface area contributed by atoms with E-state index in [0.717, 1.165) is 23.7 Å². The van der Waals surface area contributed by atoms with E-state index in [2.05, 4.69) is 23.5 Å². The fourth-order valence-electron chi connectivity index (χ4n) is 3.42. The van der Waals surface area contributed by atoms with Gasteiger partial charge in [0, 0.05) is 12.6 Å². The zero-order valence-corrected chi connectivity index (χ0v) is 12.4. The number of hydrogen-bond acceptors (Lipinski definition) is 4. The highest BCUT2D eigenvalue weighted by atomic mass is 32.1. The summed E-state index contributed by atoms with van der Waals surface area (Å²) < 4.78 is 7.43. The minimum atomic E-state index is 0.123. The summed E-state index contributed by atoms with van der Waals surface area (Å²) in [4.78, 5) is 4.75. The van der Waals surface area contributed by atoms with E-state index in [1.807, 2.05) is 6.07 Å². The second-order valence-electron chi connectivity index (χ2n) is 5.90. The molecular weight excluding hydrogens is 268 g/mol. The summed E-state index contributed by atoms with van der Waals surface area (Å²) >= 11 is 1.77. The lowest BCUT2D eigenvalue weighted by molar-refractivity contribution is 0.0401. The van der Waals surface area contributed by atoms with Gasteiger partial charge in [-0.05, 0) is 30.9 Å². The Morgan fingerprint density at radius 2 is 2.10 bits per heavy atom. The quantitative estimate of drug-likeness (QED) is 0.872. The van der Waals surface area contributed by atoms with Gasteiger partial charge in [-0.15, -0.1) is 11.3 Å². The molecule has 4 heteroatoms. The highest BCUT2D eigenvalue weighted by molar-refractivity contribution is 7.18. The highest BCUT2D eigenvalue weighted by Crippen LogP contribution is 2.33. The first kappa shape index (κ1) is 12.7. The molecule has 1 saturated carbocycles. The Labute approximate surface area is 123 Å². The lowest BCUT2D eigenvalue weighted by Crippen LogP contribution is -2.38. The lowest BCUT2D eigenvalue weighted by Gasteiger charge is -2.29. The maximum Gasteiger partial charge on any atom is 0.124 e. The van der Waals surface area contributed by atoms with Gasteiger partial charge in [0.15, 0.2) is 0 Å². The topological polar surface area (TPSA) is 34.1 Å². The zero-order chi connectivity index (χ0) is 13.4. The molecule has 1 aromatic carbocycles. The fraction of sp³-hybridized carbons (Fsp3) is 0.562. The SMILES string of the molecule is c1ccc2sc(C3CNC4CCCCC4CO3)nc2c1. The summed E-state index contributed by atoms with van der Waals surface area (Å²) in [5.41, 5.74) is 1.10. The normalized spacial score (nSPS) is 30.9. The third-order valence-corrected chi connectivity index (χ3v) is 5.70. The average Bonchev–Trinajstić information content (AvgIpc) is 2.80. The molecule has 1 N–H and O–H groups in total. The van der Waals surface area contributed by atoms with Crippen molar-refractivity contribution in [3.8, 4) is 0 Å². The summed E-state index contributed by atoms with van der Waals surface area (Å²) in [6.07, 6.45) is 5.46. The van der Waals surface area contributed by atoms with Gasteiger partial charge in [-0.3, -0.25) is 0 Å². The monoisotopic (exact) mass is 288 g/mol. The van der Waals surface area contributed by atoms with E-state index in [1.165, 1.54) is 30.4 Å². The van der Waals surface area contributed by atoms with Crippen LogP contribution in [0.1, 0.15) is 36.8 Å². The predicted octanol–water partition coefficient (Wildman–Crippen LogP) is 3.52. The van der Waals surface area contributed by atoms with Gasteiger partial charge in [0.05, 0.1) is 16.8 Å². The van der Waals surface area contributed by atoms with Crippen molar-refractivity contribution in [3.05, 3.63) is 29.3 Å². The largest absolute Gasteiger partial charge is 0.369 e. The first-order valence-corrected chi connectivity index (χ1v) is 8.42. The van der Waals surface area contributed by atoms with Crippen molar-refractivity contribution in [1.29, 1.82) is 0 Å². The average molecular weight is 288 g/mol. The maximum atomic E-state index is 6.17. The number of rotatable bonds is 1. The molecule has 2 fully saturated rings. The van der Waals surface area contributed by atoms with Crippen LogP contribution < -0.4 is 5.32 Å². The van der Waals surface area contributed by atoms with E-state index < -0.39 is 0 Å². The lowest BCUT2D eigenvalue weighted by atomic mass is 9.85. The number of nitrogens with zero attached hydrogens (tertiary/aromatic N) is 1. The molecule has 106 valence electrons. The van der Waals surface area contributed by atoms with Crippen molar-refractivity contribution < 1.29 is 4.74 Å². The molecule has 4 rings (SSSR count). The Hall–Kier alpha value is -0.970. The molecule has 3 nitrogen and oxygen atoms in total. The molecule has 0 bridgehead atoms. The van der Waals surface area contributed by atoms with E-state index in [9.17, 15) is 0 Å². The van der Waals surface area contributed by atoms with Crippen molar-refractivity contribution in [3.63, 3.8) is 0 Å². The minimum Gasteiger partial charge on any atom is -0.369 e. The van der Waals surface area contributed by atoms with E-state index in [4.69, 9.17) is 9.72 Å². The molecule has 0 spiro atoms. The molecule has 1 saturated heterocycles. The minimum absolute atomic E-state index is 0.123. The Bertz CT molecular complexity index is 548. The Kier molecular flexibility index (Phi) is 3.46. The molecule has 3 atom stereocenters. The van der Waals surface area contributed by atoms with Gasteiger partial charge >= 0.3 is 0 Å². The Morgan fingerprint density at radius 3 is 3.05 bits per heavy atom. The van der Waals surface area contributed by atoms with Crippen molar-refractivity contribution >= 4 is 21.6 Å². The molecule has 1 aromatic heterocycles. The van der Waals surface area contributed by atoms with Crippen LogP contribution in [0.2, 0.25) is 0 Å². The van der Waals surface area contributed by atoms with Crippen molar-refractivity contribution in [2.75, 3.05) is 13.2 Å². The third-order valence-electron chi connectivity index (χ3n) is 4.57. The summed E-state index contributed by atoms with van der Waals surface area (Å²) in [6, 6.07) is 9.00. The Balaban J connectivity index is 1.56. The number of aromatic nitrogens is 1. The van der Waals surface area contributed by atoms with Crippen LogP contribution in [0.5, 0.6) is 0 Å². The number of thiazole rings is 1. The number of ether oxygens (including phenoxy) is 1. The predicted molar refractivity (Wildman–Crippen MR) is 82.1 cm³/mol. The number of nitrogens with one attached hydrogen (secondary N) is 1. The smallest absolute Gasteiger partial charge is 0.124 e. The second-order valence-corrected chi connectivity index (χ2v) is 6.96. The maximum absolute atomic E-state index is 6.17. The molecule has 1 aliphatic carbocycles. The molecule has 2 heterocycles. The third kappa shape index (κ3) is 2.36. The van der Waals surface area contributed by atoms with Crippen LogP contribution in [-0.2, 0) is 4.74 Å². The summed E-state index contributed by atoms with van der Waals surface area (Å²) in [6.45, 7) is 1.79. The van der Waals surface area contributed by atoms with Crippen LogP contribution in [0.4, 0.5) is 0 Å². The van der Waals surface area contributed by atoms with Gasteiger partial charge in [0.2, 0.25) is 0 Å². The second kappa shape index (κ2) is 5.43. The number of hydrogen-bond donors (Lipinski definition) is 1. The number of fused-ring (bicyclic) bond motifs is 2. The summed E-state index contributed by atoms with van der Waals surface area (Å²) in [5.74, 6) is 0.697. The summed E-state index contributed by atoms with van der Waals surface area (Å²) in [7, 11) is 0. The number of benzene rings is 1. The van der Waals surface area contributed by atoms with Crippen LogP contribution in [0.3, 0.4) is 0 Å². The molecule has 1 aliphatic heterocycles. The van der Waals surface area contributed by atoms with E-state index in [1.54, 1.807) is 11.3 Å². The molecule has 2 aromatic rings. The summed E-state index contributed by atoms with van der Waals surface area (Å²) in [5, 5.41) is 4.84. The highest BCUT2D eigenvalue weighted by Gasteiger charge is 2.31. The van der Waals surface area contributed by atoms with Crippen LogP contribution in [-0.4, -0.2) is 24.2 Å². The van der Waals surface area contributed by atoms with Gasteiger partial charge in [0.1, 0.15) is 11.1 Å². The zero-order valence-electron chi connectivity index (χ0n) is 11.5. The first-order valence-electron chi connectivity index (χ1n) is 7.60. The van der Waals surface area contributed by atoms with Gasteiger partial charge < -0.3 is 10.1 Å². The standard InChI is InChI=1S/C16H20N2OS/c1-2-6-12-11(5-1)10-19-14(9-17-12)16-18-13-7-3-4-8-15(13)20-16/h3-4,7-8,11-12,14,17H,1-2,5-6,9-10H2. The van der Waals surface area contributed by atoms with Crippen LogP contribution in [0.15, 0.2) is 24.3 Å². The van der Waals surface area contributed by atoms with Crippen molar-refractivity contribution in [2.24, 2.45) is 5.92 Å². The van der Waals surface area contributed by atoms with Gasteiger partial charge in [0.25, 0.3) is 0 Å². The van der Waals surface area contributed by atoms with E-state index >= 15 is 0 Å². The molecule has 0 amide bonds. The first-order chi connectivity index (χ1) is 9.90. The molecule has 3 unspecified atom stereocenters. The molecule has 20 heavy (non-hydrogen) atoms. The van der Waals surface area contributed by atoms with Gasteiger partial charge in [-0.25, -0.2) is 4.98 Å². The molecular formula is C16H20N2OS. The van der Waals surface area contributed by atoms with Crippen LogP contribution in [0, 0.1) is 5.92 Å². The van der Waals surface area contributed by atoms with Crippen molar-refractivity contribution in [1.82, 2.24) is 10.3 Å². The van der Waals surface area contributed by atoms with Crippen molar-refractivity contribution in [2.45, 2.75) is 37.8 Å².